The summed E-state index contributed by atoms with van der Waals surface area (Å²) in [5.74, 6) is -0.276. The number of nitrogens with zero attached hydrogens (tertiary/aromatic N) is 3. The standard InChI is InChI=1S/C15H15ClN4O/c1-10(19-15(21)7-16)14-9-18-20(11(14)2)13-5-3-12(8-17)4-6-13/h3-6,9-10H,7H2,1-2H3,(H,19,21). The zero-order chi connectivity index (χ0) is 15.4. The van der Waals surface area contributed by atoms with E-state index in [2.05, 4.69) is 16.5 Å². The third kappa shape index (κ3) is 3.23. The first-order valence-electron chi connectivity index (χ1n) is 6.47. The Balaban J connectivity index is 2.27. The predicted octanol–water partition coefficient (Wildman–Crippen LogP) is 2.47. The van der Waals surface area contributed by atoms with Gasteiger partial charge in [-0.05, 0) is 38.1 Å². The number of amides is 1. The Morgan fingerprint density at radius 1 is 1.48 bits per heavy atom. The van der Waals surface area contributed by atoms with E-state index in [1.165, 1.54) is 0 Å². The van der Waals surface area contributed by atoms with Crippen LogP contribution in [0.3, 0.4) is 0 Å². The summed E-state index contributed by atoms with van der Waals surface area (Å²) in [6.07, 6.45) is 1.73. The van der Waals surface area contributed by atoms with Crippen LogP contribution < -0.4 is 5.32 Å². The summed E-state index contributed by atoms with van der Waals surface area (Å²) in [7, 11) is 0. The van der Waals surface area contributed by atoms with Crippen LogP contribution in [0.2, 0.25) is 0 Å². The van der Waals surface area contributed by atoms with Gasteiger partial charge in [0.2, 0.25) is 5.91 Å². The molecule has 21 heavy (non-hydrogen) atoms. The summed E-state index contributed by atoms with van der Waals surface area (Å²) in [5.41, 5.74) is 3.33. The van der Waals surface area contributed by atoms with Gasteiger partial charge in [0.05, 0.1) is 29.6 Å². The van der Waals surface area contributed by atoms with Crippen molar-refractivity contribution in [3.63, 3.8) is 0 Å². The lowest BCUT2D eigenvalue weighted by atomic mass is 10.1. The second kappa shape index (κ2) is 6.42. The Labute approximate surface area is 128 Å². The first kappa shape index (κ1) is 15.1. The van der Waals surface area contributed by atoms with Gasteiger partial charge < -0.3 is 5.32 Å². The van der Waals surface area contributed by atoms with Gasteiger partial charge in [0.15, 0.2) is 0 Å². The van der Waals surface area contributed by atoms with Crippen LogP contribution in [-0.4, -0.2) is 21.6 Å². The smallest absolute Gasteiger partial charge is 0.235 e. The van der Waals surface area contributed by atoms with Crippen molar-refractivity contribution in [2.24, 2.45) is 0 Å². The van der Waals surface area contributed by atoms with Gasteiger partial charge in [-0.25, -0.2) is 4.68 Å². The third-order valence-electron chi connectivity index (χ3n) is 3.25. The second-order valence-corrected chi connectivity index (χ2v) is 4.95. The number of aromatic nitrogens is 2. The van der Waals surface area contributed by atoms with E-state index in [-0.39, 0.29) is 17.8 Å². The van der Waals surface area contributed by atoms with Crippen LogP contribution in [0, 0.1) is 18.3 Å². The largest absolute Gasteiger partial charge is 0.348 e. The highest BCUT2D eigenvalue weighted by molar-refractivity contribution is 6.27. The van der Waals surface area contributed by atoms with Crippen molar-refractivity contribution in [2.75, 3.05) is 5.88 Å². The summed E-state index contributed by atoms with van der Waals surface area (Å²) >= 11 is 5.49. The van der Waals surface area contributed by atoms with Crippen LogP contribution in [0.5, 0.6) is 0 Å². The highest BCUT2D eigenvalue weighted by Crippen LogP contribution is 2.20. The van der Waals surface area contributed by atoms with Gasteiger partial charge in [0.1, 0.15) is 5.88 Å². The fourth-order valence-electron chi connectivity index (χ4n) is 2.14. The Hall–Kier alpha value is -2.32. The van der Waals surface area contributed by atoms with Crippen LogP contribution in [0.15, 0.2) is 30.5 Å². The van der Waals surface area contributed by atoms with E-state index in [4.69, 9.17) is 16.9 Å². The minimum absolute atomic E-state index is 0.0624. The summed E-state index contributed by atoms with van der Waals surface area (Å²) in [6, 6.07) is 9.08. The fraction of sp³-hybridized carbons (Fsp3) is 0.267. The van der Waals surface area contributed by atoms with Gasteiger partial charge in [0, 0.05) is 11.3 Å². The van der Waals surface area contributed by atoms with Crippen LogP contribution in [0.1, 0.15) is 29.8 Å². The number of carbonyl (C=O) groups excluding carboxylic acids is 1. The Bertz CT molecular complexity index is 685. The molecular weight excluding hydrogens is 288 g/mol. The molecule has 0 aliphatic heterocycles. The van der Waals surface area contributed by atoms with E-state index in [0.717, 1.165) is 16.9 Å². The van der Waals surface area contributed by atoms with Gasteiger partial charge in [0.25, 0.3) is 0 Å². The second-order valence-electron chi connectivity index (χ2n) is 4.68. The highest BCUT2D eigenvalue weighted by Gasteiger charge is 2.15. The predicted molar refractivity (Wildman–Crippen MR) is 80.3 cm³/mol. The van der Waals surface area contributed by atoms with Crippen molar-refractivity contribution in [3.05, 3.63) is 47.3 Å². The summed E-state index contributed by atoms with van der Waals surface area (Å²) in [5, 5.41) is 16.0. The number of nitrogens with one attached hydrogen (secondary N) is 1. The lowest BCUT2D eigenvalue weighted by Gasteiger charge is -2.13. The highest BCUT2D eigenvalue weighted by atomic mass is 35.5. The molecule has 1 aromatic carbocycles. The molecule has 0 aliphatic rings. The Kier molecular flexibility index (Phi) is 4.61. The van der Waals surface area contributed by atoms with Crippen LogP contribution >= 0.6 is 11.6 Å². The zero-order valence-electron chi connectivity index (χ0n) is 11.8. The summed E-state index contributed by atoms with van der Waals surface area (Å²) in [4.78, 5) is 11.4. The molecule has 0 spiro atoms. The van der Waals surface area contributed by atoms with E-state index in [1.54, 1.807) is 23.0 Å². The lowest BCUT2D eigenvalue weighted by molar-refractivity contribution is -0.119. The van der Waals surface area contributed by atoms with Crippen LogP contribution in [-0.2, 0) is 4.79 Å². The van der Waals surface area contributed by atoms with E-state index in [9.17, 15) is 4.79 Å². The maximum absolute atomic E-state index is 11.4. The number of hydrogen-bond donors (Lipinski definition) is 1. The number of halogens is 1. The zero-order valence-corrected chi connectivity index (χ0v) is 12.6. The molecule has 1 atom stereocenters. The lowest BCUT2D eigenvalue weighted by Crippen LogP contribution is -2.27. The maximum Gasteiger partial charge on any atom is 0.235 e. The van der Waals surface area contributed by atoms with Crippen molar-refractivity contribution in [3.8, 4) is 11.8 Å². The molecule has 1 N–H and O–H groups in total. The number of alkyl halides is 1. The molecular formula is C15H15ClN4O. The van der Waals surface area contributed by atoms with Crippen molar-refractivity contribution in [1.29, 1.82) is 5.26 Å². The summed E-state index contributed by atoms with van der Waals surface area (Å²) in [6.45, 7) is 3.82. The topological polar surface area (TPSA) is 70.7 Å². The van der Waals surface area contributed by atoms with E-state index in [1.807, 2.05) is 26.0 Å². The molecule has 1 heterocycles. The molecule has 1 unspecified atom stereocenters. The van der Waals surface area contributed by atoms with Gasteiger partial charge in [-0.2, -0.15) is 10.4 Å². The molecule has 1 aromatic heterocycles. The molecule has 0 saturated carbocycles. The number of rotatable bonds is 4. The Morgan fingerprint density at radius 2 is 2.14 bits per heavy atom. The van der Waals surface area contributed by atoms with Gasteiger partial charge in [-0.1, -0.05) is 0 Å². The van der Waals surface area contributed by atoms with Crippen LogP contribution in [0.4, 0.5) is 0 Å². The molecule has 0 saturated heterocycles. The molecule has 2 rings (SSSR count). The van der Waals surface area contributed by atoms with E-state index in [0.29, 0.717) is 5.56 Å². The molecule has 5 nitrogen and oxygen atoms in total. The third-order valence-corrected chi connectivity index (χ3v) is 3.50. The SMILES string of the molecule is Cc1c(C(C)NC(=O)CCl)cnn1-c1ccc(C#N)cc1. The van der Waals surface area contributed by atoms with Crippen molar-refractivity contribution >= 4 is 17.5 Å². The van der Waals surface area contributed by atoms with Crippen LogP contribution in [0.25, 0.3) is 5.69 Å². The first-order valence-corrected chi connectivity index (χ1v) is 7.00. The molecule has 0 aliphatic carbocycles. The number of nitriles is 1. The van der Waals surface area contributed by atoms with Gasteiger partial charge in [-0.3, -0.25) is 4.79 Å². The average Bonchev–Trinajstić information content (AvgIpc) is 2.89. The molecule has 0 radical (unpaired) electrons. The molecule has 1 amide bonds. The average molecular weight is 303 g/mol. The quantitative estimate of drug-likeness (QED) is 0.882. The molecule has 2 aromatic rings. The monoisotopic (exact) mass is 302 g/mol. The van der Waals surface area contributed by atoms with Crippen molar-refractivity contribution < 1.29 is 4.79 Å². The van der Waals surface area contributed by atoms with Gasteiger partial charge in [-0.15, -0.1) is 11.6 Å². The Morgan fingerprint density at radius 3 is 2.71 bits per heavy atom. The number of benzene rings is 1. The normalized spacial score (nSPS) is 11.7. The van der Waals surface area contributed by atoms with Crippen molar-refractivity contribution in [1.82, 2.24) is 15.1 Å². The maximum atomic E-state index is 11.4. The molecule has 108 valence electrons. The van der Waals surface area contributed by atoms with E-state index >= 15 is 0 Å². The van der Waals surface area contributed by atoms with E-state index < -0.39 is 0 Å². The number of carbonyl (C=O) groups is 1. The summed E-state index contributed by atoms with van der Waals surface area (Å²) < 4.78 is 1.78. The molecule has 6 heteroatoms. The molecule has 0 bridgehead atoms. The fourth-order valence-corrected chi connectivity index (χ4v) is 2.22. The minimum atomic E-state index is -0.213. The first-order chi connectivity index (χ1) is 10.1. The number of hydrogen-bond acceptors (Lipinski definition) is 3. The van der Waals surface area contributed by atoms with Crippen molar-refractivity contribution in [2.45, 2.75) is 19.9 Å². The van der Waals surface area contributed by atoms with Gasteiger partial charge >= 0.3 is 0 Å². The molecule has 0 fully saturated rings. The minimum Gasteiger partial charge on any atom is -0.348 e.